The van der Waals surface area contributed by atoms with Crippen LogP contribution in [0.1, 0.15) is 6.42 Å². The van der Waals surface area contributed by atoms with Gasteiger partial charge in [0, 0.05) is 6.54 Å². The Morgan fingerprint density at radius 2 is 2.05 bits per heavy atom. The van der Waals surface area contributed by atoms with Crippen molar-refractivity contribution in [3.8, 4) is 0 Å². The Hall–Kier alpha value is -1.46. The van der Waals surface area contributed by atoms with E-state index in [0.29, 0.717) is 22.4 Å². The minimum Gasteiger partial charge on any atom is -0.316 e. The number of nitrogens with zero attached hydrogens (tertiary/aromatic N) is 1. The average Bonchev–Trinajstić information content (AvgIpc) is 3.01. The minimum atomic E-state index is -3.40. The van der Waals surface area contributed by atoms with Crippen molar-refractivity contribution in [1.82, 2.24) is 5.32 Å². The summed E-state index contributed by atoms with van der Waals surface area (Å²) in [6.07, 6.45) is 2.93. The van der Waals surface area contributed by atoms with Crippen LogP contribution >= 0.6 is 0 Å². The van der Waals surface area contributed by atoms with Crippen molar-refractivity contribution in [1.29, 1.82) is 0 Å². The molecule has 1 aromatic rings. The summed E-state index contributed by atoms with van der Waals surface area (Å²) in [4.78, 5) is 4.70. The van der Waals surface area contributed by atoms with Crippen LogP contribution < -0.4 is 5.32 Å². The fourth-order valence-corrected chi connectivity index (χ4v) is 4.80. The molecule has 1 saturated heterocycles. The number of para-hydroxylation sites is 1. The van der Waals surface area contributed by atoms with Gasteiger partial charge in [-0.2, -0.15) is 0 Å². The van der Waals surface area contributed by atoms with Gasteiger partial charge >= 0.3 is 0 Å². The van der Waals surface area contributed by atoms with E-state index in [1.54, 1.807) is 18.2 Å². The van der Waals surface area contributed by atoms with Gasteiger partial charge in [-0.1, -0.05) is 18.2 Å². The Kier molecular flexibility index (Phi) is 2.26. The maximum atomic E-state index is 12.5. The highest BCUT2D eigenvalue weighted by molar-refractivity contribution is 8.07. The second-order valence-electron chi connectivity index (χ2n) is 5.37. The molecule has 4 nitrogen and oxygen atoms in total. The third-order valence-electron chi connectivity index (χ3n) is 4.20. The van der Waals surface area contributed by atoms with Crippen molar-refractivity contribution < 1.29 is 8.42 Å². The third-order valence-corrected chi connectivity index (χ3v) is 5.98. The lowest BCUT2D eigenvalue weighted by atomic mass is 10.00. The highest BCUT2D eigenvalue weighted by atomic mass is 32.2. The van der Waals surface area contributed by atoms with Gasteiger partial charge in [0.05, 0.1) is 10.6 Å². The summed E-state index contributed by atoms with van der Waals surface area (Å²) in [6.45, 7) is 1.93. The Morgan fingerprint density at radius 1 is 1.21 bits per heavy atom. The third kappa shape index (κ3) is 1.55. The zero-order valence-electron chi connectivity index (χ0n) is 10.3. The number of rotatable bonds is 1. The molecule has 1 aliphatic carbocycles. The maximum Gasteiger partial charge on any atom is 0.226 e. The highest BCUT2D eigenvalue weighted by Gasteiger charge is 2.39. The first-order valence-corrected chi connectivity index (χ1v) is 7.99. The fourth-order valence-electron chi connectivity index (χ4n) is 3.23. The Labute approximate surface area is 112 Å². The standard InChI is InChI=1S/C14H14N2O2S/c17-19(18)13-4-2-1-3-12(13)16-14(19)9-5-10-7-15-8-11(10)6-9/h1-5,10-11,15H,6-8H2. The molecule has 0 radical (unpaired) electrons. The van der Waals surface area contributed by atoms with Crippen LogP contribution in [0.4, 0.5) is 5.69 Å². The van der Waals surface area contributed by atoms with Crippen LogP contribution in [0.5, 0.6) is 0 Å². The van der Waals surface area contributed by atoms with Gasteiger partial charge in [0.25, 0.3) is 0 Å². The van der Waals surface area contributed by atoms with E-state index in [2.05, 4.69) is 16.4 Å². The van der Waals surface area contributed by atoms with Gasteiger partial charge in [-0.25, -0.2) is 13.4 Å². The maximum absolute atomic E-state index is 12.5. The van der Waals surface area contributed by atoms with Gasteiger partial charge < -0.3 is 5.32 Å². The molecular formula is C14H14N2O2S. The topological polar surface area (TPSA) is 58.5 Å². The quantitative estimate of drug-likeness (QED) is 0.847. The van der Waals surface area contributed by atoms with Crippen LogP contribution in [0.25, 0.3) is 0 Å². The van der Waals surface area contributed by atoms with Crippen molar-refractivity contribution in [3.05, 3.63) is 35.9 Å². The summed E-state index contributed by atoms with van der Waals surface area (Å²) in [7, 11) is -3.40. The van der Waals surface area contributed by atoms with E-state index < -0.39 is 9.84 Å². The normalized spacial score (nSPS) is 30.7. The highest BCUT2D eigenvalue weighted by Crippen LogP contribution is 2.40. The molecule has 0 spiro atoms. The molecule has 1 fully saturated rings. The van der Waals surface area contributed by atoms with Crippen LogP contribution in [0.15, 0.2) is 45.8 Å². The van der Waals surface area contributed by atoms with Crippen molar-refractivity contribution in [2.24, 2.45) is 16.8 Å². The fraction of sp³-hybridized carbons (Fsp3) is 0.357. The van der Waals surface area contributed by atoms with Crippen LogP contribution in [0.3, 0.4) is 0 Å². The molecule has 2 heterocycles. The van der Waals surface area contributed by atoms with Gasteiger partial charge in [-0.05, 0) is 42.5 Å². The van der Waals surface area contributed by atoms with E-state index in [1.807, 2.05) is 6.07 Å². The summed E-state index contributed by atoms with van der Waals surface area (Å²) in [6, 6.07) is 6.97. The molecule has 2 aliphatic heterocycles. The summed E-state index contributed by atoms with van der Waals surface area (Å²) in [5, 5.41) is 3.62. The summed E-state index contributed by atoms with van der Waals surface area (Å²) < 4.78 is 25.0. The average molecular weight is 274 g/mol. The summed E-state index contributed by atoms with van der Waals surface area (Å²) in [5.74, 6) is 1.01. The molecule has 3 aliphatic rings. The van der Waals surface area contributed by atoms with Gasteiger partial charge in [-0.3, -0.25) is 0 Å². The first-order valence-electron chi connectivity index (χ1n) is 6.51. The van der Waals surface area contributed by atoms with E-state index in [1.165, 1.54) is 0 Å². The molecule has 0 aromatic heterocycles. The minimum absolute atomic E-state index is 0.281. The zero-order chi connectivity index (χ0) is 13.0. The molecule has 98 valence electrons. The lowest BCUT2D eigenvalue weighted by Gasteiger charge is -2.06. The van der Waals surface area contributed by atoms with E-state index in [0.717, 1.165) is 25.1 Å². The van der Waals surface area contributed by atoms with Crippen molar-refractivity contribution >= 4 is 20.6 Å². The second kappa shape index (κ2) is 3.77. The molecule has 0 saturated carbocycles. The van der Waals surface area contributed by atoms with Crippen molar-refractivity contribution in [3.63, 3.8) is 0 Å². The zero-order valence-corrected chi connectivity index (χ0v) is 11.2. The first kappa shape index (κ1) is 11.4. The molecule has 5 heteroatoms. The number of fused-ring (bicyclic) bond motifs is 2. The predicted molar refractivity (Wildman–Crippen MR) is 73.3 cm³/mol. The summed E-state index contributed by atoms with van der Waals surface area (Å²) >= 11 is 0. The Bertz CT molecular complexity index is 719. The Balaban J connectivity index is 1.79. The molecule has 19 heavy (non-hydrogen) atoms. The molecular weight excluding hydrogens is 260 g/mol. The van der Waals surface area contributed by atoms with E-state index in [-0.39, 0.29) is 5.04 Å². The molecule has 2 unspecified atom stereocenters. The number of sulfone groups is 1. The van der Waals surface area contributed by atoms with Crippen molar-refractivity contribution in [2.45, 2.75) is 11.3 Å². The van der Waals surface area contributed by atoms with Gasteiger partial charge in [-0.15, -0.1) is 0 Å². The lowest BCUT2D eigenvalue weighted by molar-refractivity contribution is 0.532. The van der Waals surface area contributed by atoms with Crippen LogP contribution in [0, 0.1) is 11.8 Å². The largest absolute Gasteiger partial charge is 0.316 e. The molecule has 0 amide bonds. The van der Waals surface area contributed by atoms with Gasteiger partial charge in [0.2, 0.25) is 9.84 Å². The number of aliphatic imine (C=N–C) groups is 1. The Morgan fingerprint density at radius 3 is 2.84 bits per heavy atom. The smallest absolute Gasteiger partial charge is 0.226 e. The van der Waals surface area contributed by atoms with Gasteiger partial charge in [0.1, 0.15) is 0 Å². The molecule has 0 bridgehead atoms. The number of nitrogens with one attached hydrogen (secondary N) is 1. The first-order chi connectivity index (χ1) is 9.16. The van der Waals surface area contributed by atoms with Crippen molar-refractivity contribution in [2.75, 3.05) is 13.1 Å². The number of benzene rings is 1. The van der Waals surface area contributed by atoms with Crippen LogP contribution in [-0.4, -0.2) is 26.6 Å². The second-order valence-corrected chi connectivity index (χ2v) is 7.20. The van der Waals surface area contributed by atoms with Crippen LogP contribution in [0.2, 0.25) is 0 Å². The van der Waals surface area contributed by atoms with E-state index >= 15 is 0 Å². The SMILES string of the molecule is O=S1(=O)C(C2=CC3CNCC3C2)=Nc2ccccc21. The predicted octanol–water partition coefficient (Wildman–Crippen LogP) is 1.67. The molecule has 2 atom stereocenters. The number of hydrogen-bond acceptors (Lipinski definition) is 4. The monoisotopic (exact) mass is 274 g/mol. The van der Waals surface area contributed by atoms with E-state index in [9.17, 15) is 8.42 Å². The molecule has 1 aromatic carbocycles. The van der Waals surface area contributed by atoms with Crippen LogP contribution in [-0.2, 0) is 9.84 Å². The van der Waals surface area contributed by atoms with Gasteiger partial charge in [0.15, 0.2) is 5.04 Å². The molecule has 4 rings (SSSR count). The lowest BCUT2D eigenvalue weighted by Crippen LogP contribution is -2.15. The summed E-state index contributed by atoms with van der Waals surface area (Å²) in [5.41, 5.74) is 1.49. The number of hydrogen-bond donors (Lipinski definition) is 1. The molecule has 1 N–H and O–H groups in total. The van der Waals surface area contributed by atoms with E-state index in [4.69, 9.17) is 0 Å².